The fourth-order valence-corrected chi connectivity index (χ4v) is 2.94. The average molecular weight is 351 g/mol. The van der Waals surface area contributed by atoms with E-state index in [1.165, 1.54) is 30.3 Å². The molecular formula is C16H11F2NO4S. The van der Waals surface area contributed by atoms with Crippen molar-refractivity contribution < 1.29 is 26.7 Å². The van der Waals surface area contributed by atoms with E-state index in [-0.39, 0.29) is 22.6 Å². The lowest BCUT2D eigenvalue weighted by Gasteiger charge is -2.06. The van der Waals surface area contributed by atoms with E-state index in [1.54, 1.807) is 0 Å². The quantitative estimate of drug-likeness (QED) is 0.858. The monoisotopic (exact) mass is 351 g/mol. The highest BCUT2D eigenvalue weighted by Crippen LogP contribution is 2.33. The number of rotatable bonds is 3. The van der Waals surface area contributed by atoms with Crippen molar-refractivity contribution in [3.05, 3.63) is 65.2 Å². The van der Waals surface area contributed by atoms with E-state index < -0.39 is 27.6 Å². The third kappa shape index (κ3) is 2.93. The molecule has 1 aliphatic heterocycles. The molecule has 0 radical (unpaired) electrons. The molecule has 2 N–H and O–H groups in total. The summed E-state index contributed by atoms with van der Waals surface area (Å²) in [7, 11) is -3.84. The lowest BCUT2D eigenvalue weighted by atomic mass is 9.96. The number of esters is 1. The molecule has 1 aliphatic rings. The zero-order valence-corrected chi connectivity index (χ0v) is 12.9. The van der Waals surface area contributed by atoms with Crippen molar-refractivity contribution in [1.82, 2.24) is 0 Å². The summed E-state index contributed by atoms with van der Waals surface area (Å²) in [6.07, 6.45) is 0. The van der Waals surface area contributed by atoms with Crippen LogP contribution in [0.1, 0.15) is 11.1 Å². The van der Waals surface area contributed by atoms with Crippen molar-refractivity contribution in [2.75, 3.05) is 6.61 Å². The average Bonchev–Trinajstić information content (AvgIpc) is 2.91. The smallest absolute Gasteiger partial charge is 0.339 e. The van der Waals surface area contributed by atoms with E-state index in [2.05, 4.69) is 0 Å². The Balaban J connectivity index is 2.11. The van der Waals surface area contributed by atoms with E-state index in [0.717, 1.165) is 12.1 Å². The maximum atomic E-state index is 13.4. The highest BCUT2D eigenvalue weighted by atomic mass is 32.2. The molecule has 24 heavy (non-hydrogen) atoms. The number of ether oxygens (including phenoxy) is 1. The summed E-state index contributed by atoms with van der Waals surface area (Å²) in [5.41, 5.74) is 1.26. The molecule has 0 aromatic heterocycles. The number of benzene rings is 2. The van der Waals surface area contributed by atoms with Gasteiger partial charge >= 0.3 is 5.97 Å². The molecule has 0 saturated heterocycles. The summed E-state index contributed by atoms with van der Waals surface area (Å²) in [4.78, 5) is 11.9. The minimum atomic E-state index is -3.84. The molecule has 0 bridgehead atoms. The van der Waals surface area contributed by atoms with Gasteiger partial charge in [0, 0.05) is 5.57 Å². The Bertz CT molecular complexity index is 966. The van der Waals surface area contributed by atoms with Gasteiger partial charge in [-0.1, -0.05) is 18.2 Å². The maximum absolute atomic E-state index is 13.4. The fraction of sp³-hybridized carbons (Fsp3) is 0.0625. The molecule has 2 aromatic rings. The number of carbonyl (C=O) groups is 1. The molecule has 3 rings (SSSR count). The minimum Gasteiger partial charge on any atom is -0.457 e. The number of cyclic esters (lactones) is 1. The Morgan fingerprint density at radius 2 is 1.58 bits per heavy atom. The molecule has 1 heterocycles. The Hall–Kier alpha value is -2.58. The Kier molecular flexibility index (Phi) is 3.94. The van der Waals surface area contributed by atoms with Gasteiger partial charge in [-0.25, -0.2) is 27.1 Å². The minimum absolute atomic E-state index is 0.0537. The van der Waals surface area contributed by atoms with Gasteiger partial charge in [-0.05, 0) is 35.4 Å². The lowest BCUT2D eigenvalue weighted by molar-refractivity contribution is -0.133. The third-order valence-corrected chi connectivity index (χ3v) is 4.52. The number of hydrogen-bond donors (Lipinski definition) is 1. The Labute approximate surface area is 136 Å². The summed E-state index contributed by atoms with van der Waals surface area (Å²) >= 11 is 0. The standard InChI is InChI=1S/C16H11F2NO4S/c17-13-6-3-10(7-14(13)18)15-12(8-23-16(15)20)9-1-4-11(5-2-9)24(19,21)22/h1-7H,8H2,(H2,19,21,22). The van der Waals surface area contributed by atoms with Crippen molar-refractivity contribution in [2.24, 2.45) is 5.14 Å². The van der Waals surface area contributed by atoms with Crippen molar-refractivity contribution >= 4 is 27.1 Å². The first-order chi connectivity index (χ1) is 11.3. The van der Waals surface area contributed by atoms with Gasteiger partial charge in [0.2, 0.25) is 10.0 Å². The van der Waals surface area contributed by atoms with Crippen molar-refractivity contribution in [1.29, 1.82) is 0 Å². The molecular weight excluding hydrogens is 340 g/mol. The van der Waals surface area contributed by atoms with Crippen LogP contribution < -0.4 is 5.14 Å². The van der Waals surface area contributed by atoms with Crippen LogP contribution in [0.4, 0.5) is 8.78 Å². The number of hydrogen-bond acceptors (Lipinski definition) is 4. The van der Waals surface area contributed by atoms with Crippen LogP contribution in [0.25, 0.3) is 11.1 Å². The zero-order chi connectivity index (χ0) is 17.5. The molecule has 5 nitrogen and oxygen atoms in total. The van der Waals surface area contributed by atoms with Crippen molar-refractivity contribution in [2.45, 2.75) is 4.90 Å². The summed E-state index contributed by atoms with van der Waals surface area (Å²) in [5.74, 6) is -2.76. The van der Waals surface area contributed by atoms with E-state index in [0.29, 0.717) is 11.1 Å². The van der Waals surface area contributed by atoms with Crippen LogP contribution in [0.3, 0.4) is 0 Å². The largest absolute Gasteiger partial charge is 0.457 e. The second-order valence-corrected chi connectivity index (χ2v) is 6.69. The maximum Gasteiger partial charge on any atom is 0.339 e. The van der Waals surface area contributed by atoms with Gasteiger partial charge in [-0.3, -0.25) is 0 Å². The number of nitrogens with two attached hydrogens (primary N) is 1. The number of halogens is 2. The molecule has 124 valence electrons. The SMILES string of the molecule is NS(=O)(=O)c1ccc(C2=C(c3ccc(F)c(F)c3)C(=O)OC2)cc1. The summed E-state index contributed by atoms with van der Waals surface area (Å²) in [5, 5.41) is 5.04. The van der Waals surface area contributed by atoms with E-state index in [1.807, 2.05) is 0 Å². The first-order valence-electron chi connectivity index (χ1n) is 6.76. The summed E-state index contributed by atoms with van der Waals surface area (Å²) < 4.78 is 54.1. The van der Waals surface area contributed by atoms with Crippen LogP contribution in [0.15, 0.2) is 47.4 Å². The van der Waals surface area contributed by atoms with E-state index in [9.17, 15) is 22.0 Å². The van der Waals surface area contributed by atoms with Gasteiger partial charge < -0.3 is 4.74 Å². The van der Waals surface area contributed by atoms with Gasteiger partial charge in [0.05, 0.1) is 10.5 Å². The first kappa shape index (κ1) is 16.3. The predicted molar refractivity (Wildman–Crippen MR) is 81.9 cm³/mol. The van der Waals surface area contributed by atoms with Crippen LogP contribution in [-0.2, 0) is 19.6 Å². The van der Waals surface area contributed by atoms with Crippen molar-refractivity contribution in [3.8, 4) is 0 Å². The molecule has 0 amide bonds. The van der Waals surface area contributed by atoms with Crippen LogP contribution in [0.2, 0.25) is 0 Å². The zero-order valence-electron chi connectivity index (χ0n) is 12.1. The van der Waals surface area contributed by atoms with E-state index in [4.69, 9.17) is 9.88 Å². The van der Waals surface area contributed by atoms with Crippen LogP contribution in [0.5, 0.6) is 0 Å². The highest BCUT2D eigenvalue weighted by Gasteiger charge is 2.28. The summed E-state index contributed by atoms with van der Waals surface area (Å²) in [6, 6.07) is 8.64. The van der Waals surface area contributed by atoms with Gasteiger partial charge in [0.15, 0.2) is 11.6 Å². The molecule has 0 aliphatic carbocycles. The van der Waals surface area contributed by atoms with Crippen LogP contribution in [0, 0.1) is 11.6 Å². The van der Waals surface area contributed by atoms with Gasteiger partial charge in [0.25, 0.3) is 0 Å². The molecule has 8 heteroatoms. The lowest BCUT2D eigenvalue weighted by Crippen LogP contribution is -2.11. The Morgan fingerprint density at radius 1 is 0.958 bits per heavy atom. The number of carbonyl (C=O) groups excluding carboxylic acids is 1. The van der Waals surface area contributed by atoms with Crippen LogP contribution in [-0.4, -0.2) is 21.0 Å². The van der Waals surface area contributed by atoms with Gasteiger partial charge in [-0.2, -0.15) is 0 Å². The molecule has 0 unspecified atom stereocenters. The molecule has 2 aromatic carbocycles. The number of primary sulfonamides is 1. The topological polar surface area (TPSA) is 86.5 Å². The second-order valence-electron chi connectivity index (χ2n) is 5.13. The first-order valence-corrected chi connectivity index (χ1v) is 8.31. The molecule has 0 saturated carbocycles. The second kappa shape index (κ2) is 5.81. The summed E-state index contributed by atoms with van der Waals surface area (Å²) in [6.45, 7) is -0.0537. The van der Waals surface area contributed by atoms with Crippen molar-refractivity contribution in [3.63, 3.8) is 0 Å². The number of sulfonamides is 1. The molecule has 0 spiro atoms. The predicted octanol–water partition coefficient (Wildman–Crippen LogP) is 2.08. The fourth-order valence-electron chi connectivity index (χ4n) is 2.42. The third-order valence-electron chi connectivity index (χ3n) is 3.59. The highest BCUT2D eigenvalue weighted by molar-refractivity contribution is 7.89. The molecule has 0 atom stereocenters. The molecule has 0 fully saturated rings. The van der Waals surface area contributed by atoms with Gasteiger partial charge in [0.1, 0.15) is 6.61 Å². The van der Waals surface area contributed by atoms with Gasteiger partial charge in [-0.15, -0.1) is 0 Å². The Morgan fingerprint density at radius 3 is 2.17 bits per heavy atom. The van der Waals surface area contributed by atoms with Crippen LogP contribution >= 0.6 is 0 Å². The normalized spacial score (nSPS) is 14.9. The van der Waals surface area contributed by atoms with E-state index >= 15 is 0 Å².